The predicted molar refractivity (Wildman–Crippen MR) is 64.2 cm³/mol. The van der Waals surface area contributed by atoms with Crippen LogP contribution in [-0.2, 0) is 13.6 Å². The van der Waals surface area contributed by atoms with Gasteiger partial charge in [0.2, 0.25) is 0 Å². The van der Waals surface area contributed by atoms with Crippen molar-refractivity contribution in [1.82, 2.24) is 0 Å². The summed E-state index contributed by atoms with van der Waals surface area (Å²) in [5.41, 5.74) is 0. The lowest BCUT2D eigenvalue weighted by molar-refractivity contribution is -0.440. The van der Waals surface area contributed by atoms with E-state index < -0.39 is 69.9 Å². The second kappa shape index (κ2) is 8.36. The van der Waals surface area contributed by atoms with Crippen LogP contribution < -0.4 is 0 Å². The van der Waals surface area contributed by atoms with Crippen LogP contribution in [0.5, 0.6) is 0 Å². The number of alkyl halides is 13. The molecule has 19 heteroatoms. The molecule has 0 rings (SSSR count). The standard InChI is InChI=1S/C10H10F13O5P/c11-5(12,1-3-27-29(25,26)28-4-2-24)6(13,14)7(15,16)8(17,18)9(19,20)10(21,22)23/h24H,1-4H2,(H,25,26). The number of hydrogen-bond donors (Lipinski definition) is 2. The molecule has 0 aliphatic rings. The van der Waals surface area contributed by atoms with E-state index in [1.807, 2.05) is 0 Å². The first-order valence-electron chi connectivity index (χ1n) is 6.70. The van der Waals surface area contributed by atoms with Gasteiger partial charge in [0.25, 0.3) is 0 Å². The van der Waals surface area contributed by atoms with Gasteiger partial charge in [-0.2, -0.15) is 57.1 Å². The maximum absolute atomic E-state index is 13.3. The van der Waals surface area contributed by atoms with Crippen molar-refractivity contribution in [2.75, 3.05) is 19.8 Å². The van der Waals surface area contributed by atoms with Crippen molar-refractivity contribution < 1.29 is 80.7 Å². The lowest BCUT2D eigenvalue weighted by Gasteiger charge is -2.39. The highest BCUT2D eigenvalue weighted by molar-refractivity contribution is 7.47. The Balaban J connectivity index is 5.68. The second-order valence-electron chi connectivity index (χ2n) is 5.11. The van der Waals surface area contributed by atoms with Crippen LogP contribution in [-0.4, -0.2) is 65.6 Å². The van der Waals surface area contributed by atoms with E-state index in [1.165, 1.54) is 0 Å². The lowest BCUT2D eigenvalue weighted by Crippen LogP contribution is -2.70. The predicted octanol–water partition coefficient (Wildman–Crippen LogP) is 4.24. The Kier molecular flexibility index (Phi) is 8.12. The zero-order valence-corrected chi connectivity index (χ0v) is 14.2. The molecule has 176 valence electrons. The van der Waals surface area contributed by atoms with Crippen molar-refractivity contribution in [2.45, 2.75) is 42.2 Å². The molecule has 0 radical (unpaired) electrons. The number of phosphoric acid groups is 1. The summed E-state index contributed by atoms with van der Waals surface area (Å²) < 4.78 is 185. The third-order valence-electron chi connectivity index (χ3n) is 3.01. The minimum Gasteiger partial charge on any atom is -0.394 e. The fourth-order valence-corrected chi connectivity index (χ4v) is 2.15. The quantitative estimate of drug-likeness (QED) is 0.336. The molecule has 0 aromatic carbocycles. The van der Waals surface area contributed by atoms with Crippen LogP contribution in [0.3, 0.4) is 0 Å². The summed E-state index contributed by atoms with van der Waals surface area (Å²) in [4.78, 5) is 8.81. The van der Waals surface area contributed by atoms with Crippen molar-refractivity contribution in [3.8, 4) is 0 Å². The molecule has 29 heavy (non-hydrogen) atoms. The van der Waals surface area contributed by atoms with Crippen molar-refractivity contribution >= 4 is 7.82 Å². The monoisotopic (exact) mass is 488 g/mol. The van der Waals surface area contributed by atoms with Gasteiger partial charge >= 0.3 is 43.6 Å². The van der Waals surface area contributed by atoms with Crippen molar-refractivity contribution in [1.29, 1.82) is 0 Å². The first kappa shape index (κ1) is 28.2. The highest BCUT2D eigenvalue weighted by Gasteiger charge is 2.90. The number of rotatable bonds is 11. The van der Waals surface area contributed by atoms with Gasteiger partial charge in [0, 0.05) is 6.42 Å². The molecule has 5 nitrogen and oxygen atoms in total. The zero-order chi connectivity index (χ0) is 23.7. The summed E-state index contributed by atoms with van der Waals surface area (Å²) in [5, 5.41) is 8.25. The second-order valence-corrected chi connectivity index (χ2v) is 6.56. The molecule has 1 unspecified atom stereocenters. The van der Waals surface area contributed by atoms with Crippen molar-refractivity contribution in [3.05, 3.63) is 0 Å². The van der Waals surface area contributed by atoms with E-state index in [0.29, 0.717) is 0 Å². The first-order valence-corrected chi connectivity index (χ1v) is 8.20. The smallest absolute Gasteiger partial charge is 0.394 e. The minimum atomic E-state index is -8.03. The fraction of sp³-hybridized carbons (Fsp3) is 1.00. The van der Waals surface area contributed by atoms with Gasteiger partial charge in [0.05, 0.1) is 19.8 Å². The van der Waals surface area contributed by atoms with Gasteiger partial charge in [0.15, 0.2) is 0 Å². The van der Waals surface area contributed by atoms with Crippen molar-refractivity contribution in [2.24, 2.45) is 0 Å². The molecule has 0 aliphatic carbocycles. The Labute approximate surface area is 152 Å². The summed E-state index contributed by atoms with van der Waals surface area (Å²) in [6.07, 6.45) is -10.3. The van der Waals surface area contributed by atoms with Crippen LogP contribution in [0.15, 0.2) is 0 Å². The molecular weight excluding hydrogens is 478 g/mol. The third kappa shape index (κ3) is 5.26. The number of halogens is 13. The van der Waals surface area contributed by atoms with Gasteiger partial charge < -0.3 is 10.00 Å². The number of phosphoric ester groups is 1. The van der Waals surface area contributed by atoms with E-state index in [2.05, 4.69) is 9.05 Å². The minimum absolute atomic E-state index is 0.934. The molecule has 0 aromatic rings. The fourth-order valence-electron chi connectivity index (χ4n) is 1.44. The largest absolute Gasteiger partial charge is 0.472 e. The van der Waals surface area contributed by atoms with E-state index in [-0.39, 0.29) is 0 Å². The maximum Gasteiger partial charge on any atom is 0.472 e. The maximum atomic E-state index is 13.3. The molecule has 0 aliphatic heterocycles. The summed E-state index contributed by atoms with van der Waals surface area (Å²) in [6, 6.07) is 0. The van der Waals surface area contributed by atoms with Gasteiger partial charge in [-0.15, -0.1) is 0 Å². The first-order chi connectivity index (χ1) is 12.5. The van der Waals surface area contributed by atoms with E-state index in [4.69, 9.17) is 10.00 Å². The SMILES string of the molecule is O=P(O)(OCCO)OCCC(F)(F)C(F)(F)C(F)(F)C(F)(F)C(F)(F)C(F)(F)F. The number of aliphatic hydroxyl groups excluding tert-OH is 1. The van der Waals surface area contributed by atoms with Crippen LogP contribution in [0.2, 0.25) is 0 Å². The van der Waals surface area contributed by atoms with E-state index >= 15 is 0 Å². The van der Waals surface area contributed by atoms with Crippen LogP contribution in [0.4, 0.5) is 57.1 Å². The van der Waals surface area contributed by atoms with Crippen molar-refractivity contribution in [3.63, 3.8) is 0 Å². The molecule has 0 spiro atoms. The average molecular weight is 488 g/mol. The number of hydrogen-bond acceptors (Lipinski definition) is 4. The van der Waals surface area contributed by atoms with Gasteiger partial charge in [-0.1, -0.05) is 0 Å². The molecule has 0 amide bonds. The topological polar surface area (TPSA) is 76.0 Å². The lowest BCUT2D eigenvalue weighted by atomic mass is 9.93. The highest BCUT2D eigenvalue weighted by atomic mass is 31.2. The molecule has 0 bridgehead atoms. The number of aliphatic hydroxyl groups is 1. The Morgan fingerprint density at radius 2 is 1.03 bits per heavy atom. The Hall–Kier alpha value is -0.840. The van der Waals surface area contributed by atoms with E-state index in [9.17, 15) is 61.6 Å². The summed E-state index contributed by atoms with van der Waals surface area (Å²) >= 11 is 0. The third-order valence-corrected chi connectivity index (χ3v) is 4.03. The molecule has 0 fully saturated rings. The molecule has 1 atom stereocenters. The Morgan fingerprint density at radius 1 is 0.655 bits per heavy atom. The average Bonchev–Trinajstić information content (AvgIpc) is 2.50. The van der Waals surface area contributed by atoms with Gasteiger partial charge in [-0.25, -0.2) is 4.57 Å². The summed E-state index contributed by atoms with van der Waals surface area (Å²) in [5.74, 6) is -37.7. The molecule has 2 N–H and O–H groups in total. The van der Waals surface area contributed by atoms with Crippen LogP contribution >= 0.6 is 7.82 Å². The molecule has 0 heterocycles. The molecular formula is C10H10F13O5P. The molecule has 0 saturated heterocycles. The van der Waals surface area contributed by atoms with Gasteiger partial charge in [-0.05, 0) is 0 Å². The summed E-state index contributed by atoms with van der Waals surface area (Å²) in [6.45, 7) is -3.99. The van der Waals surface area contributed by atoms with Crippen LogP contribution in [0.1, 0.15) is 6.42 Å². The van der Waals surface area contributed by atoms with E-state index in [1.54, 1.807) is 0 Å². The van der Waals surface area contributed by atoms with Gasteiger partial charge in [-0.3, -0.25) is 9.05 Å². The molecule has 0 saturated carbocycles. The van der Waals surface area contributed by atoms with Crippen LogP contribution in [0.25, 0.3) is 0 Å². The highest BCUT2D eigenvalue weighted by Crippen LogP contribution is 2.60. The Morgan fingerprint density at radius 3 is 1.41 bits per heavy atom. The van der Waals surface area contributed by atoms with Crippen LogP contribution in [0, 0.1) is 0 Å². The van der Waals surface area contributed by atoms with E-state index in [0.717, 1.165) is 0 Å². The van der Waals surface area contributed by atoms with Gasteiger partial charge in [0.1, 0.15) is 0 Å². The summed E-state index contributed by atoms with van der Waals surface area (Å²) in [7, 11) is -5.31. The normalized spacial score (nSPS) is 17.3. The zero-order valence-electron chi connectivity index (χ0n) is 13.3. The Bertz CT molecular complexity index is 605. The molecule has 0 aromatic heterocycles.